The molecule has 1 unspecified atom stereocenters. The molecule has 1 amide bonds. The van der Waals surface area contributed by atoms with Crippen molar-refractivity contribution in [3.05, 3.63) is 0 Å². The molecule has 18 heavy (non-hydrogen) atoms. The van der Waals surface area contributed by atoms with Gasteiger partial charge in [-0.3, -0.25) is 0 Å². The largest absolute Gasteiger partial charge is 0.444 e. The molecule has 0 fully saturated rings. The molecule has 5 nitrogen and oxygen atoms in total. The Morgan fingerprint density at radius 3 is 1.94 bits per heavy atom. The molecule has 0 saturated carbocycles. The molecule has 0 aromatic heterocycles. The van der Waals surface area contributed by atoms with Gasteiger partial charge in [0, 0.05) is 10.7 Å². The van der Waals surface area contributed by atoms with Crippen molar-refractivity contribution in [3.63, 3.8) is 0 Å². The lowest BCUT2D eigenvalue weighted by atomic mass is 9.88. The fraction of sp³-hybridized carbons (Fsp3) is 0.909. The van der Waals surface area contributed by atoms with Gasteiger partial charge in [-0.25, -0.2) is 13.2 Å². The molecular formula is C11H22ClNO4S. The van der Waals surface area contributed by atoms with Crippen LogP contribution in [-0.2, 0) is 13.8 Å². The number of alkyl carbamates (subject to hydrolysis) is 1. The van der Waals surface area contributed by atoms with Crippen molar-refractivity contribution in [2.75, 3.05) is 5.75 Å². The van der Waals surface area contributed by atoms with Gasteiger partial charge in [-0.1, -0.05) is 20.8 Å². The standard InChI is InChI=1S/C11H22ClNO4S/c1-10(2,3)8(7-18(12,15)16)13-9(14)17-11(4,5)6/h8H,7H2,1-6H3,(H,13,14). The van der Waals surface area contributed by atoms with Crippen LogP contribution < -0.4 is 5.32 Å². The number of nitrogens with one attached hydrogen (secondary N) is 1. The van der Waals surface area contributed by atoms with Crippen LogP contribution in [0.4, 0.5) is 4.79 Å². The van der Waals surface area contributed by atoms with Gasteiger partial charge in [0.25, 0.3) is 0 Å². The van der Waals surface area contributed by atoms with E-state index in [1.54, 1.807) is 20.8 Å². The van der Waals surface area contributed by atoms with Gasteiger partial charge in [0.1, 0.15) is 5.60 Å². The van der Waals surface area contributed by atoms with E-state index < -0.39 is 32.2 Å². The zero-order valence-corrected chi connectivity index (χ0v) is 13.3. The number of amides is 1. The third-order valence-corrected chi connectivity index (χ3v) is 3.21. The van der Waals surface area contributed by atoms with E-state index in [0.29, 0.717) is 0 Å². The first-order valence-electron chi connectivity index (χ1n) is 5.62. The Balaban J connectivity index is 4.78. The zero-order valence-electron chi connectivity index (χ0n) is 11.7. The van der Waals surface area contributed by atoms with Crippen LogP contribution in [0.1, 0.15) is 41.5 Å². The molecule has 0 aliphatic heterocycles. The fourth-order valence-electron chi connectivity index (χ4n) is 1.16. The predicted octanol–water partition coefficient (Wildman–Crippen LogP) is 2.49. The minimum absolute atomic E-state index is 0.336. The number of rotatable bonds is 3. The van der Waals surface area contributed by atoms with Crippen LogP contribution in [0.2, 0.25) is 0 Å². The normalized spacial score (nSPS) is 15.1. The highest BCUT2D eigenvalue weighted by Gasteiger charge is 2.31. The monoisotopic (exact) mass is 299 g/mol. The Kier molecular flexibility index (Phi) is 5.50. The van der Waals surface area contributed by atoms with Crippen LogP contribution in [0.15, 0.2) is 0 Å². The Bertz CT molecular complexity index is 392. The van der Waals surface area contributed by atoms with Crippen LogP contribution in [0.25, 0.3) is 0 Å². The highest BCUT2D eigenvalue weighted by molar-refractivity contribution is 8.13. The summed E-state index contributed by atoms with van der Waals surface area (Å²) < 4.78 is 27.3. The summed E-state index contributed by atoms with van der Waals surface area (Å²) in [6.07, 6.45) is -0.650. The lowest BCUT2D eigenvalue weighted by Crippen LogP contribution is -2.48. The number of carbonyl (C=O) groups is 1. The second-order valence-corrected chi connectivity index (χ2v) is 9.09. The molecule has 0 saturated heterocycles. The number of hydrogen-bond acceptors (Lipinski definition) is 4. The second kappa shape index (κ2) is 5.65. The third kappa shape index (κ3) is 8.58. The molecular weight excluding hydrogens is 278 g/mol. The summed E-state index contributed by atoms with van der Waals surface area (Å²) in [5.74, 6) is -0.336. The third-order valence-electron chi connectivity index (χ3n) is 2.10. The van der Waals surface area contributed by atoms with Crippen molar-refractivity contribution in [1.82, 2.24) is 5.32 Å². The highest BCUT2D eigenvalue weighted by atomic mass is 35.7. The number of ether oxygens (including phenoxy) is 1. The van der Waals surface area contributed by atoms with E-state index in [2.05, 4.69) is 5.32 Å². The Hall–Kier alpha value is -0.490. The van der Waals surface area contributed by atoms with Crippen molar-refractivity contribution in [1.29, 1.82) is 0 Å². The van der Waals surface area contributed by atoms with Crippen LogP contribution in [-0.4, -0.2) is 31.9 Å². The molecule has 0 aliphatic carbocycles. The first-order valence-corrected chi connectivity index (χ1v) is 8.10. The van der Waals surface area contributed by atoms with Gasteiger partial charge >= 0.3 is 6.09 Å². The van der Waals surface area contributed by atoms with Crippen LogP contribution in [0.5, 0.6) is 0 Å². The smallest absolute Gasteiger partial charge is 0.407 e. The molecule has 0 aromatic rings. The van der Waals surface area contributed by atoms with E-state index in [0.717, 1.165) is 0 Å². The summed E-state index contributed by atoms with van der Waals surface area (Å²) in [4.78, 5) is 11.6. The topological polar surface area (TPSA) is 72.5 Å². The molecule has 0 bridgehead atoms. The molecule has 0 aliphatic rings. The SMILES string of the molecule is CC(C)(C)OC(=O)NC(CS(=O)(=O)Cl)C(C)(C)C. The van der Waals surface area contributed by atoms with Crippen molar-refractivity contribution in [2.45, 2.75) is 53.2 Å². The summed E-state index contributed by atoms with van der Waals surface area (Å²) >= 11 is 0. The van der Waals surface area contributed by atoms with E-state index in [4.69, 9.17) is 15.4 Å². The molecule has 7 heteroatoms. The summed E-state index contributed by atoms with van der Waals surface area (Å²) in [5.41, 5.74) is -1.08. The van der Waals surface area contributed by atoms with E-state index in [-0.39, 0.29) is 5.75 Å². The molecule has 1 N–H and O–H groups in total. The van der Waals surface area contributed by atoms with E-state index in [1.165, 1.54) is 0 Å². The minimum Gasteiger partial charge on any atom is -0.444 e. The van der Waals surface area contributed by atoms with Gasteiger partial charge in [0.15, 0.2) is 0 Å². The van der Waals surface area contributed by atoms with Crippen molar-refractivity contribution in [3.8, 4) is 0 Å². The maximum Gasteiger partial charge on any atom is 0.407 e. The molecule has 0 spiro atoms. The lowest BCUT2D eigenvalue weighted by Gasteiger charge is -2.31. The Morgan fingerprint density at radius 1 is 1.22 bits per heavy atom. The van der Waals surface area contributed by atoms with Crippen LogP contribution in [0.3, 0.4) is 0 Å². The zero-order chi connectivity index (χ0) is 14.8. The number of halogens is 1. The van der Waals surface area contributed by atoms with Gasteiger partial charge in [0.2, 0.25) is 9.05 Å². The second-order valence-electron chi connectivity index (χ2n) is 6.27. The molecule has 0 heterocycles. The summed E-state index contributed by atoms with van der Waals surface area (Å²) in [6, 6.07) is -0.616. The Morgan fingerprint density at radius 2 is 1.67 bits per heavy atom. The molecule has 0 aromatic carbocycles. The van der Waals surface area contributed by atoms with Gasteiger partial charge in [-0.2, -0.15) is 0 Å². The average Bonchev–Trinajstić information content (AvgIpc) is 1.93. The van der Waals surface area contributed by atoms with Crippen molar-refractivity contribution >= 4 is 25.8 Å². The van der Waals surface area contributed by atoms with Crippen molar-refractivity contribution in [2.24, 2.45) is 5.41 Å². The quantitative estimate of drug-likeness (QED) is 0.813. The first kappa shape index (κ1) is 17.5. The van der Waals surface area contributed by atoms with Gasteiger partial charge in [-0.05, 0) is 26.2 Å². The van der Waals surface area contributed by atoms with E-state index in [1.807, 2.05) is 20.8 Å². The van der Waals surface area contributed by atoms with E-state index in [9.17, 15) is 13.2 Å². The molecule has 0 rings (SSSR count). The fourth-order valence-corrected chi connectivity index (χ4v) is 2.52. The average molecular weight is 300 g/mol. The van der Waals surface area contributed by atoms with Gasteiger partial charge in [0.05, 0.1) is 11.8 Å². The maximum atomic E-state index is 11.6. The first-order chi connectivity index (χ1) is 7.71. The minimum atomic E-state index is -3.69. The Labute approximate surface area is 114 Å². The van der Waals surface area contributed by atoms with Crippen LogP contribution in [0, 0.1) is 5.41 Å². The van der Waals surface area contributed by atoms with E-state index >= 15 is 0 Å². The maximum absolute atomic E-state index is 11.6. The van der Waals surface area contributed by atoms with Gasteiger partial charge < -0.3 is 10.1 Å². The van der Waals surface area contributed by atoms with Crippen molar-refractivity contribution < 1.29 is 17.9 Å². The molecule has 108 valence electrons. The summed E-state index contributed by atoms with van der Waals surface area (Å²) in [7, 11) is 1.54. The highest BCUT2D eigenvalue weighted by Crippen LogP contribution is 2.22. The number of hydrogen-bond donors (Lipinski definition) is 1. The number of carbonyl (C=O) groups excluding carboxylic acids is 1. The predicted molar refractivity (Wildman–Crippen MR) is 72.3 cm³/mol. The summed E-state index contributed by atoms with van der Waals surface area (Å²) in [6.45, 7) is 10.6. The molecule has 0 radical (unpaired) electrons. The lowest BCUT2D eigenvalue weighted by molar-refractivity contribution is 0.0474. The van der Waals surface area contributed by atoms with Gasteiger partial charge in [-0.15, -0.1) is 0 Å². The van der Waals surface area contributed by atoms with Crippen LogP contribution >= 0.6 is 10.7 Å². The summed E-state index contributed by atoms with van der Waals surface area (Å²) in [5, 5.41) is 2.55. The molecule has 1 atom stereocenters.